The number of carbonyl (C=O) groups excluding carboxylic acids is 1. The average molecular weight is 355 g/mol. The lowest BCUT2D eigenvalue weighted by Gasteiger charge is -2.11. The van der Waals surface area contributed by atoms with E-state index < -0.39 is 0 Å². The summed E-state index contributed by atoms with van der Waals surface area (Å²) in [6, 6.07) is 16.6. The molecule has 0 aliphatic rings. The maximum atomic E-state index is 12.5. The highest BCUT2D eigenvalue weighted by Gasteiger charge is 2.16. The predicted molar refractivity (Wildman–Crippen MR) is 97.9 cm³/mol. The summed E-state index contributed by atoms with van der Waals surface area (Å²) in [4.78, 5) is 12.5. The van der Waals surface area contributed by atoms with Crippen molar-refractivity contribution in [2.24, 2.45) is 5.92 Å². The van der Waals surface area contributed by atoms with Gasteiger partial charge in [0.05, 0.1) is 6.54 Å². The Balaban J connectivity index is 1.57. The average Bonchev–Trinajstić information content (AvgIpc) is 3.14. The van der Waals surface area contributed by atoms with Gasteiger partial charge in [0.25, 0.3) is 0 Å². The molecule has 0 unspecified atom stereocenters. The number of Topliss-reactive ketones (excluding diaryl/α,β-unsaturated/α-hetero) is 1. The second-order valence-corrected chi connectivity index (χ2v) is 6.37. The highest BCUT2D eigenvalue weighted by atomic mass is 35.5. The van der Waals surface area contributed by atoms with Crippen LogP contribution in [0.25, 0.3) is 0 Å². The molecule has 25 heavy (non-hydrogen) atoms. The molecule has 0 bridgehead atoms. The summed E-state index contributed by atoms with van der Waals surface area (Å²) in [5, 5.41) is 4.85. The fourth-order valence-electron chi connectivity index (χ4n) is 2.52. The zero-order valence-electron chi connectivity index (χ0n) is 13.9. The Bertz CT molecular complexity index is 812. The van der Waals surface area contributed by atoms with E-state index in [-0.39, 0.29) is 11.7 Å². The Hall–Kier alpha value is -2.59. The first-order valence-electron chi connectivity index (χ1n) is 8.11. The molecule has 1 heterocycles. The maximum Gasteiger partial charge on any atom is 0.167 e. The van der Waals surface area contributed by atoms with Gasteiger partial charge in [0.2, 0.25) is 0 Å². The first kappa shape index (κ1) is 17.2. The van der Waals surface area contributed by atoms with Gasteiger partial charge < -0.3 is 4.74 Å². The third-order valence-corrected chi connectivity index (χ3v) is 4.18. The Morgan fingerprint density at radius 1 is 1.16 bits per heavy atom. The number of hydrogen-bond acceptors (Lipinski definition) is 3. The molecule has 0 saturated heterocycles. The molecule has 0 aliphatic carbocycles. The second kappa shape index (κ2) is 7.99. The fraction of sp³-hybridized carbons (Fsp3) is 0.200. The quantitative estimate of drug-likeness (QED) is 0.581. The molecule has 128 valence electrons. The SMILES string of the molecule is C[C@@H](Cn1cccn1)C(=O)c1ccc(OCc2ccc(Cl)cc2)cc1. The number of halogens is 1. The highest BCUT2D eigenvalue weighted by molar-refractivity contribution is 6.30. The lowest BCUT2D eigenvalue weighted by Crippen LogP contribution is -2.18. The van der Waals surface area contributed by atoms with Crippen molar-refractivity contribution in [3.05, 3.63) is 83.1 Å². The number of ketones is 1. The van der Waals surface area contributed by atoms with Crippen molar-refractivity contribution >= 4 is 17.4 Å². The standard InChI is InChI=1S/C20H19ClN2O2/c1-15(13-23-12-2-11-22-23)20(24)17-5-9-19(10-6-17)25-14-16-3-7-18(21)8-4-16/h2-12,15H,13-14H2,1H3/t15-/m0/s1. The van der Waals surface area contributed by atoms with Gasteiger partial charge in [-0.3, -0.25) is 9.48 Å². The minimum atomic E-state index is -0.138. The van der Waals surface area contributed by atoms with Crippen LogP contribution in [-0.4, -0.2) is 15.6 Å². The molecule has 0 fully saturated rings. The Morgan fingerprint density at radius 2 is 1.88 bits per heavy atom. The number of aromatic nitrogens is 2. The van der Waals surface area contributed by atoms with Crippen LogP contribution in [0.4, 0.5) is 0 Å². The van der Waals surface area contributed by atoms with Crippen LogP contribution in [0.15, 0.2) is 67.0 Å². The smallest absolute Gasteiger partial charge is 0.167 e. The molecule has 4 nitrogen and oxygen atoms in total. The Labute approximate surface area is 152 Å². The lowest BCUT2D eigenvalue weighted by atomic mass is 9.99. The summed E-state index contributed by atoms with van der Waals surface area (Å²) in [7, 11) is 0. The van der Waals surface area contributed by atoms with Gasteiger partial charge in [0.15, 0.2) is 5.78 Å². The maximum absolute atomic E-state index is 12.5. The molecular weight excluding hydrogens is 336 g/mol. The van der Waals surface area contributed by atoms with Crippen molar-refractivity contribution in [2.75, 3.05) is 0 Å². The lowest BCUT2D eigenvalue weighted by molar-refractivity contribution is 0.0915. The van der Waals surface area contributed by atoms with Crippen molar-refractivity contribution < 1.29 is 9.53 Å². The van der Waals surface area contributed by atoms with E-state index in [1.165, 1.54) is 0 Å². The molecule has 0 aliphatic heterocycles. The van der Waals surface area contributed by atoms with Crippen LogP contribution < -0.4 is 4.74 Å². The number of rotatable bonds is 7. The van der Waals surface area contributed by atoms with Gasteiger partial charge in [0.1, 0.15) is 12.4 Å². The Kier molecular flexibility index (Phi) is 5.51. The predicted octanol–water partition coefficient (Wildman–Crippen LogP) is 4.63. The van der Waals surface area contributed by atoms with Gasteiger partial charge in [-0.05, 0) is 48.0 Å². The van der Waals surface area contributed by atoms with Crippen LogP contribution in [0, 0.1) is 5.92 Å². The summed E-state index contributed by atoms with van der Waals surface area (Å²) in [6.45, 7) is 2.94. The summed E-state index contributed by atoms with van der Waals surface area (Å²) in [6.07, 6.45) is 3.57. The fourth-order valence-corrected chi connectivity index (χ4v) is 2.65. The summed E-state index contributed by atoms with van der Waals surface area (Å²) in [5.41, 5.74) is 1.72. The van der Waals surface area contributed by atoms with E-state index in [0.717, 1.165) is 11.3 Å². The first-order chi connectivity index (χ1) is 12.1. The van der Waals surface area contributed by atoms with Crippen molar-refractivity contribution in [2.45, 2.75) is 20.1 Å². The first-order valence-corrected chi connectivity index (χ1v) is 8.48. The number of hydrogen-bond donors (Lipinski definition) is 0. The van der Waals surface area contributed by atoms with Gasteiger partial charge in [-0.2, -0.15) is 5.10 Å². The molecule has 0 spiro atoms. The third-order valence-electron chi connectivity index (χ3n) is 3.93. The van der Waals surface area contributed by atoms with E-state index in [0.29, 0.717) is 23.7 Å². The molecule has 1 aromatic heterocycles. The minimum Gasteiger partial charge on any atom is -0.489 e. The summed E-state index contributed by atoms with van der Waals surface area (Å²) < 4.78 is 7.51. The van der Waals surface area contributed by atoms with E-state index in [1.54, 1.807) is 23.0 Å². The third kappa shape index (κ3) is 4.70. The van der Waals surface area contributed by atoms with Crippen LogP contribution >= 0.6 is 11.6 Å². The number of carbonyl (C=O) groups is 1. The van der Waals surface area contributed by atoms with Gasteiger partial charge in [-0.25, -0.2) is 0 Å². The molecule has 0 amide bonds. The number of ether oxygens (including phenoxy) is 1. The number of benzene rings is 2. The van der Waals surface area contributed by atoms with Crippen LogP contribution in [0.1, 0.15) is 22.8 Å². The second-order valence-electron chi connectivity index (χ2n) is 5.93. The Morgan fingerprint density at radius 3 is 2.52 bits per heavy atom. The molecule has 2 aromatic carbocycles. The van der Waals surface area contributed by atoms with E-state index >= 15 is 0 Å². The summed E-state index contributed by atoms with van der Waals surface area (Å²) >= 11 is 5.87. The van der Waals surface area contributed by atoms with E-state index in [2.05, 4.69) is 5.10 Å². The molecule has 0 radical (unpaired) electrons. The van der Waals surface area contributed by atoms with Gasteiger partial charge in [0, 0.05) is 28.9 Å². The van der Waals surface area contributed by atoms with Crippen molar-refractivity contribution in [3.8, 4) is 5.75 Å². The molecule has 0 saturated carbocycles. The van der Waals surface area contributed by atoms with Crippen molar-refractivity contribution in [3.63, 3.8) is 0 Å². The van der Waals surface area contributed by atoms with E-state index in [4.69, 9.17) is 16.3 Å². The zero-order chi connectivity index (χ0) is 17.6. The van der Waals surface area contributed by atoms with Crippen LogP contribution in [-0.2, 0) is 13.2 Å². The normalized spacial score (nSPS) is 11.9. The molecule has 3 rings (SSSR count). The molecule has 5 heteroatoms. The largest absolute Gasteiger partial charge is 0.489 e. The molecule has 1 atom stereocenters. The van der Waals surface area contributed by atoms with Crippen molar-refractivity contribution in [1.29, 1.82) is 0 Å². The molecular formula is C20H19ClN2O2. The topological polar surface area (TPSA) is 44.1 Å². The van der Waals surface area contributed by atoms with Crippen LogP contribution in [0.5, 0.6) is 5.75 Å². The minimum absolute atomic E-state index is 0.0970. The number of nitrogens with zero attached hydrogens (tertiary/aromatic N) is 2. The molecule has 0 N–H and O–H groups in total. The van der Waals surface area contributed by atoms with Crippen LogP contribution in [0.3, 0.4) is 0 Å². The molecule has 3 aromatic rings. The monoisotopic (exact) mass is 354 g/mol. The zero-order valence-corrected chi connectivity index (χ0v) is 14.7. The highest BCUT2D eigenvalue weighted by Crippen LogP contribution is 2.18. The summed E-state index contributed by atoms with van der Waals surface area (Å²) in [5.74, 6) is 0.687. The van der Waals surface area contributed by atoms with Crippen LogP contribution in [0.2, 0.25) is 5.02 Å². The van der Waals surface area contributed by atoms with E-state index in [1.807, 2.05) is 55.6 Å². The van der Waals surface area contributed by atoms with Gasteiger partial charge >= 0.3 is 0 Å². The van der Waals surface area contributed by atoms with E-state index in [9.17, 15) is 4.79 Å². The van der Waals surface area contributed by atoms with Crippen molar-refractivity contribution in [1.82, 2.24) is 9.78 Å². The van der Waals surface area contributed by atoms with Gasteiger partial charge in [-0.15, -0.1) is 0 Å². The van der Waals surface area contributed by atoms with Gasteiger partial charge in [-0.1, -0.05) is 30.7 Å².